The molecule has 0 aliphatic rings. The summed E-state index contributed by atoms with van der Waals surface area (Å²) < 4.78 is 0. The van der Waals surface area contributed by atoms with Gasteiger partial charge in [0.2, 0.25) is 0 Å². The third-order valence-corrected chi connectivity index (χ3v) is 2.78. The number of hydrogen-bond acceptors (Lipinski definition) is 3. The van der Waals surface area contributed by atoms with Crippen LogP contribution in [-0.4, -0.2) is 9.97 Å². The van der Waals surface area contributed by atoms with Crippen molar-refractivity contribution in [2.24, 2.45) is 0 Å². The van der Waals surface area contributed by atoms with Gasteiger partial charge < -0.3 is 0 Å². The first-order valence-corrected chi connectivity index (χ1v) is 4.93. The topological polar surface area (TPSA) is 25.8 Å². The minimum atomic E-state index is 1.05. The number of nitrogens with zero attached hydrogens (tertiary/aromatic N) is 2. The van der Waals surface area contributed by atoms with Gasteiger partial charge in [0, 0.05) is 23.7 Å². The lowest BCUT2D eigenvalue weighted by Gasteiger charge is -1.95. The average Bonchev–Trinajstić information content (AvgIpc) is 2.53. The summed E-state index contributed by atoms with van der Waals surface area (Å²) >= 11 is 1.70. The molecule has 13 heavy (non-hydrogen) atoms. The Kier molecular flexibility index (Phi) is 2.10. The molecule has 0 fully saturated rings. The predicted octanol–water partition coefficient (Wildman–Crippen LogP) is 2.82. The first-order chi connectivity index (χ1) is 6.25. The van der Waals surface area contributed by atoms with Crippen molar-refractivity contribution in [1.82, 2.24) is 9.97 Å². The number of rotatable bonds is 1. The number of aryl methyl sites for hydroxylation is 2. The molecule has 0 saturated carbocycles. The zero-order valence-corrected chi connectivity index (χ0v) is 8.43. The number of pyridine rings is 1. The molecule has 0 spiro atoms. The lowest BCUT2D eigenvalue weighted by atomic mass is 10.2. The van der Waals surface area contributed by atoms with Gasteiger partial charge in [-0.1, -0.05) is 6.07 Å². The normalized spacial score (nSPS) is 10.3. The number of hydrogen-bond donors (Lipinski definition) is 0. The van der Waals surface area contributed by atoms with Crippen LogP contribution in [0.15, 0.2) is 24.5 Å². The molecule has 2 aromatic heterocycles. The largest absolute Gasteiger partial charge is 0.261 e. The van der Waals surface area contributed by atoms with Gasteiger partial charge in [-0.3, -0.25) is 4.98 Å². The van der Waals surface area contributed by atoms with Gasteiger partial charge in [0.1, 0.15) is 0 Å². The van der Waals surface area contributed by atoms with Crippen molar-refractivity contribution in [2.75, 3.05) is 0 Å². The minimum Gasteiger partial charge on any atom is -0.261 e. The van der Waals surface area contributed by atoms with Gasteiger partial charge in [0.25, 0.3) is 0 Å². The van der Waals surface area contributed by atoms with Crippen molar-refractivity contribution < 1.29 is 0 Å². The Morgan fingerprint density at radius 3 is 2.46 bits per heavy atom. The van der Waals surface area contributed by atoms with E-state index < -0.39 is 0 Å². The standard InChI is InChI=1S/C10H10N2S/c1-7-3-4-9(5-11-7)10-6-12-8(2)13-10/h3-6H,1-2H3. The van der Waals surface area contributed by atoms with Crippen LogP contribution in [0.1, 0.15) is 10.7 Å². The van der Waals surface area contributed by atoms with Crippen molar-refractivity contribution in [3.8, 4) is 10.4 Å². The molecule has 2 aromatic rings. The highest BCUT2D eigenvalue weighted by Crippen LogP contribution is 2.24. The molecule has 0 radical (unpaired) electrons. The summed E-state index contributed by atoms with van der Waals surface area (Å²) in [4.78, 5) is 9.64. The SMILES string of the molecule is Cc1ccc(-c2cnc(C)s2)cn1. The predicted molar refractivity (Wildman–Crippen MR) is 54.8 cm³/mol. The van der Waals surface area contributed by atoms with Crippen LogP contribution in [0, 0.1) is 13.8 Å². The summed E-state index contributed by atoms with van der Waals surface area (Å²) in [5.41, 5.74) is 2.20. The smallest absolute Gasteiger partial charge is 0.0900 e. The summed E-state index contributed by atoms with van der Waals surface area (Å²) in [5, 5.41) is 1.09. The van der Waals surface area contributed by atoms with E-state index in [-0.39, 0.29) is 0 Å². The Balaban J connectivity index is 2.41. The Hall–Kier alpha value is -1.22. The summed E-state index contributed by atoms with van der Waals surface area (Å²) in [6, 6.07) is 4.10. The van der Waals surface area contributed by atoms with Gasteiger partial charge in [-0.05, 0) is 19.9 Å². The fraction of sp³-hybridized carbons (Fsp3) is 0.200. The highest BCUT2D eigenvalue weighted by atomic mass is 32.1. The molecule has 2 rings (SSSR count). The van der Waals surface area contributed by atoms with Crippen molar-refractivity contribution in [1.29, 1.82) is 0 Å². The summed E-state index contributed by atoms with van der Waals surface area (Å²) in [7, 11) is 0. The molecular formula is C10H10N2S. The third-order valence-electron chi connectivity index (χ3n) is 1.82. The van der Waals surface area contributed by atoms with Gasteiger partial charge in [-0.2, -0.15) is 0 Å². The van der Waals surface area contributed by atoms with Crippen LogP contribution in [0.5, 0.6) is 0 Å². The molecule has 0 amide bonds. The molecule has 66 valence electrons. The molecule has 0 atom stereocenters. The van der Waals surface area contributed by atoms with E-state index in [0.717, 1.165) is 16.3 Å². The summed E-state index contributed by atoms with van der Waals surface area (Å²) in [6.45, 7) is 4.00. The molecule has 0 saturated heterocycles. The van der Waals surface area contributed by atoms with Crippen molar-refractivity contribution in [3.63, 3.8) is 0 Å². The van der Waals surface area contributed by atoms with Gasteiger partial charge >= 0.3 is 0 Å². The molecule has 0 bridgehead atoms. The molecule has 3 heteroatoms. The first-order valence-electron chi connectivity index (χ1n) is 4.11. The van der Waals surface area contributed by atoms with Crippen LogP contribution in [0.2, 0.25) is 0 Å². The Labute approximate surface area is 81.3 Å². The van der Waals surface area contributed by atoms with Crippen LogP contribution >= 0.6 is 11.3 Å². The Morgan fingerprint density at radius 2 is 1.92 bits per heavy atom. The lowest BCUT2D eigenvalue weighted by Crippen LogP contribution is -1.79. The maximum atomic E-state index is 4.24. The molecule has 2 nitrogen and oxygen atoms in total. The fourth-order valence-electron chi connectivity index (χ4n) is 1.11. The van der Waals surface area contributed by atoms with Crippen molar-refractivity contribution >= 4 is 11.3 Å². The van der Waals surface area contributed by atoms with E-state index in [0.29, 0.717) is 0 Å². The van der Waals surface area contributed by atoms with Gasteiger partial charge in [-0.15, -0.1) is 11.3 Å². The Morgan fingerprint density at radius 1 is 1.08 bits per heavy atom. The Bertz CT molecular complexity index is 403. The van der Waals surface area contributed by atoms with Gasteiger partial charge in [0.05, 0.1) is 9.88 Å². The molecule has 0 aromatic carbocycles. The second-order valence-corrected chi connectivity index (χ2v) is 4.17. The van der Waals surface area contributed by atoms with Gasteiger partial charge in [0.15, 0.2) is 0 Å². The average molecular weight is 190 g/mol. The second kappa shape index (κ2) is 3.26. The van der Waals surface area contributed by atoms with Crippen LogP contribution in [0.3, 0.4) is 0 Å². The van der Waals surface area contributed by atoms with Gasteiger partial charge in [-0.25, -0.2) is 4.98 Å². The maximum absolute atomic E-state index is 4.24. The quantitative estimate of drug-likeness (QED) is 0.691. The summed E-state index contributed by atoms with van der Waals surface area (Å²) in [6.07, 6.45) is 3.79. The van der Waals surface area contributed by atoms with Crippen molar-refractivity contribution in [3.05, 3.63) is 35.2 Å². The minimum absolute atomic E-state index is 1.05. The second-order valence-electron chi connectivity index (χ2n) is 2.93. The van der Waals surface area contributed by atoms with Crippen molar-refractivity contribution in [2.45, 2.75) is 13.8 Å². The first kappa shape index (κ1) is 8.38. The van der Waals surface area contributed by atoms with E-state index >= 15 is 0 Å². The molecule has 0 aliphatic carbocycles. The zero-order chi connectivity index (χ0) is 9.26. The highest BCUT2D eigenvalue weighted by molar-refractivity contribution is 7.15. The van der Waals surface area contributed by atoms with E-state index in [9.17, 15) is 0 Å². The van der Waals surface area contributed by atoms with E-state index in [2.05, 4.69) is 16.0 Å². The van der Waals surface area contributed by atoms with E-state index in [4.69, 9.17) is 0 Å². The molecule has 0 N–H and O–H groups in total. The molecule has 0 unspecified atom stereocenters. The monoisotopic (exact) mass is 190 g/mol. The van der Waals surface area contributed by atoms with Crippen LogP contribution in [0.25, 0.3) is 10.4 Å². The third kappa shape index (κ3) is 1.75. The lowest BCUT2D eigenvalue weighted by molar-refractivity contribution is 1.20. The fourth-order valence-corrected chi connectivity index (χ4v) is 1.88. The van der Waals surface area contributed by atoms with Crippen LogP contribution in [-0.2, 0) is 0 Å². The number of aromatic nitrogens is 2. The van der Waals surface area contributed by atoms with E-state index in [1.165, 1.54) is 4.88 Å². The number of thiazole rings is 1. The molecule has 2 heterocycles. The van der Waals surface area contributed by atoms with E-state index in [1.54, 1.807) is 11.3 Å². The van der Waals surface area contributed by atoms with E-state index in [1.807, 2.05) is 32.3 Å². The van der Waals surface area contributed by atoms with Crippen LogP contribution in [0.4, 0.5) is 0 Å². The zero-order valence-electron chi connectivity index (χ0n) is 7.61. The van der Waals surface area contributed by atoms with Crippen LogP contribution < -0.4 is 0 Å². The summed E-state index contributed by atoms with van der Waals surface area (Å²) in [5.74, 6) is 0. The maximum Gasteiger partial charge on any atom is 0.0900 e. The molecule has 0 aliphatic heterocycles. The molecular weight excluding hydrogens is 180 g/mol. The highest BCUT2D eigenvalue weighted by Gasteiger charge is 2.00.